The number of rotatable bonds is 10. The number of nitriles is 1. The average molecular weight is 301 g/mol. The van der Waals surface area contributed by atoms with Gasteiger partial charge in [0.05, 0.1) is 0 Å². The minimum absolute atomic E-state index is 0.0516. The predicted octanol–water partition coefficient (Wildman–Crippen LogP) is 2.83. The molecule has 0 aliphatic heterocycles. The molecule has 0 radical (unpaired) electrons. The van der Waals surface area contributed by atoms with Gasteiger partial charge in [0.1, 0.15) is 11.6 Å². The van der Waals surface area contributed by atoms with Gasteiger partial charge in [-0.2, -0.15) is 5.26 Å². The second-order valence-electron chi connectivity index (χ2n) is 4.76. The number of hydrogen-bond donors (Lipinski definition) is 2. The second kappa shape index (κ2) is 11.4. The zero-order valence-electron chi connectivity index (χ0n) is 13.0. The Balaban J connectivity index is 2.28. The van der Waals surface area contributed by atoms with Crippen LogP contribution in [0.4, 0.5) is 5.69 Å². The standard InChI is InChI=1S/C17H23N3O2/c1-2-3-11-22-12-7-10-19-17(21)15(13-18)14-20-16-8-5-4-6-9-16/h4-6,8-9,14,20H,2-3,7,10-12H2,1H3,(H,19,21)/b15-14-. The molecule has 1 aromatic carbocycles. The number of nitrogens with zero attached hydrogens (tertiary/aromatic N) is 1. The molecule has 1 aromatic rings. The third-order valence-electron chi connectivity index (χ3n) is 2.92. The highest BCUT2D eigenvalue weighted by molar-refractivity contribution is 5.97. The summed E-state index contributed by atoms with van der Waals surface area (Å²) in [5.74, 6) is -0.375. The number of nitrogens with one attached hydrogen (secondary N) is 2. The second-order valence-corrected chi connectivity index (χ2v) is 4.76. The number of anilines is 1. The van der Waals surface area contributed by atoms with Gasteiger partial charge < -0.3 is 15.4 Å². The lowest BCUT2D eigenvalue weighted by Gasteiger charge is -2.06. The van der Waals surface area contributed by atoms with Crippen molar-refractivity contribution in [2.45, 2.75) is 26.2 Å². The molecule has 1 amide bonds. The van der Waals surface area contributed by atoms with Crippen molar-refractivity contribution < 1.29 is 9.53 Å². The van der Waals surface area contributed by atoms with Crippen LogP contribution in [0.2, 0.25) is 0 Å². The van der Waals surface area contributed by atoms with Crippen LogP contribution in [-0.4, -0.2) is 25.7 Å². The van der Waals surface area contributed by atoms with Gasteiger partial charge in [-0.05, 0) is 25.0 Å². The van der Waals surface area contributed by atoms with Crippen molar-refractivity contribution in [3.63, 3.8) is 0 Å². The van der Waals surface area contributed by atoms with Crippen molar-refractivity contribution in [1.82, 2.24) is 5.32 Å². The zero-order chi connectivity index (χ0) is 16.0. The van der Waals surface area contributed by atoms with Gasteiger partial charge in [-0.25, -0.2) is 0 Å². The van der Waals surface area contributed by atoms with Gasteiger partial charge in [-0.1, -0.05) is 31.5 Å². The van der Waals surface area contributed by atoms with Crippen molar-refractivity contribution in [3.05, 3.63) is 42.1 Å². The van der Waals surface area contributed by atoms with E-state index in [9.17, 15) is 4.79 Å². The summed E-state index contributed by atoms with van der Waals surface area (Å²) in [5.41, 5.74) is 0.878. The van der Waals surface area contributed by atoms with Crippen LogP contribution in [0.1, 0.15) is 26.2 Å². The topological polar surface area (TPSA) is 74.1 Å². The number of unbranched alkanes of at least 4 members (excludes halogenated alkanes) is 1. The fraction of sp³-hybridized carbons (Fsp3) is 0.412. The molecule has 2 N–H and O–H groups in total. The molecule has 0 heterocycles. The minimum Gasteiger partial charge on any atom is -0.381 e. The third kappa shape index (κ3) is 7.46. The molecular weight excluding hydrogens is 278 g/mol. The fourth-order valence-electron chi connectivity index (χ4n) is 1.66. The molecule has 0 fully saturated rings. The minimum atomic E-state index is -0.375. The van der Waals surface area contributed by atoms with Crippen LogP contribution in [0.3, 0.4) is 0 Å². The molecule has 0 saturated heterocycles. The number of carbonyl (C=O) groups is 1. The largest absolute Gasteiger partial charge is 0.381 e. The van der Waals surface area contributed by atoms with Crippen molar-refractivity contribution in [1.29, 1.82) is 5.26 Å². The molecule has 0 unspecified atom stereocenters. The van der Waals surface area contributed by atoms with Crippen molar-refractivity contribution in [2.24, 2.45) is 0 Å². The van der Waals surface area contributed by atoms with Crippen LogP contribution in [0, 0.1) is 11.3 Å². The Labute approximate surface area is 132 Å². The average Bonchev–Trinajstić information content (AvgIpc) is 2.55. The fourth-order valence-corrected chi connectivity index (χ4v) is 1.66. The zero-order valence-corrected chi connectivity index (χ0v) is 13.0. The highest BCUT2D eigenvalue weighted by Gasteiger charge is 2.07. The van der Waals surface area contributed by atoms with E-state index in [-0.39, 0.29) is 11.5 Å². The summed E-state index contributed by atoms with van der Waals surface area (Å²) in [4.78, 5) is 11.8. The molecule has 0 saturated carbocycles. The number of benzene rings is 1. The van der Waals surface area contributed by atoms with Crippen LogP contribution < -0.4 is 10.6 Å². The Hall–Kier alpha value is -2.32. The Morgan fingerprint density at radius 3 is 2.68 bits per heavy atom. The molecule has 5 heteroatoms. The molecular formula is C17H23N3O2. The van der Waals surface area contributed by atoms with Crippen LogP contribution in [-0.2, 0) is 9.53 Å². The maximum Gasteiger partial charge on any atom is 0.263 e. The first-order valence-electron chi connectivity index (χ1n) is 7.55. The molecule has 22 heavy (non-hydrogen) atoms. The van der Waals surface area contributed by atoms with E-state index < -0.39 is 0 Å². The number of carbonyl (C=O) groups excluding carboxylic acids is 1. The lowest BCUT2D eigenvalue weighted by Crippen LogP contribution is -2.26. The smallest absolute Gasteiger partial charge is 0.263 e. The lowest BCUT2D eigenvalue weighted by atomic mass is 10.2. The normalized spacial score (nSPS) is 10.8. The maximum absolute atomic E-state index is 11.8. The summed E-state index contributed by atoms with van der Waals surface area (Å²) in [6.07, 6.45) is 4.32. The van der Waals surface area contributed by atoms with E-state index in [1.807, 2.05) is 36.4 Å². The van der Waals surface area contributed by atoms with E-state index in [1.54, 1.807) is 0 Å². The van der Waals surface area contributed by atoms with Gasteiger partial charge in [0.25, 0.3) is 5.91 Å². The first-order chi connectivity index (χ1) is 10.8. The molecule has 0 aliphatic rings. The van der Waals surface area contributed by atoms with Gasteiger partial charge in [0.15, 0.2) is 0 Å². The Morgan fingerprint density at radius 1 is 1.27 bits per heavy atom. The van der Waals surface area contributed by atoms with Crippen LogP contribution >= 0.6 is 0 Å². The molecule has 5 nitrogen and oxygen atoms in total. The first-order valence-corrected chi connectivity index (χ1v) is 7.55. The number of ether oxygens (including phenoxy) is 1. The molecule has 0 spiro atoms. The van der Waals surface area contributed by atoms with Crippen molar-refractivity contribution in [2.75, 3.05) is 25.1 Å². The molecule has 0 aromatic heterocycles. The Kier molecular flexibility index (Phi) is 9.15. The van der Waals surface area contributed by atoms with Crippen LogP contribution in [0.15, 0.2) is 42.1 Å². The van der Waals surface area contributed by atoms with E-state index in [0.29, 0.717) is 13.2 Å². The summed E-state index contributed by atoms with van der Waals surface area (Å²) in [6, 6.07) is 11.3. The summed E-state index contributed by atoms with van der Waals surface area (Å²) < 4.78 is 5.40. The van der Waals surface area contributed by atoms with E-state index in [1.165, 1.54) is 6.20 Å². The summed E-state index contributed by atoms with van der Waals surface area (Å²) in [7, 11) is 0. The molecule has 118 valence electrons. The molecule has 0 aliphatic carbocycles. The maximum atomic E-state index is 11.8. The SMILES string of the molecule is CCCCOCCCNC(=O)/C(C#N)=C\Nc1ccccc1. The summed E-state index contributed by atoms with van der Waals surface area (Å²) in [5, 5.41) is 14.7. The van der Waals surface area contributed by atoms with E-state index in [0.717, 1.165) is 31.6 Å². The molecule has 1 rings (SSSR count). The highest BCUT2D eigenvalue weighted by Crippen LogP contribution is 2.05. The number of amides is 1. The highest BCUT2D eigenvalue weighted by atomic mass is 16.5. The van der Waals surface area contributed by atoms with Crippen LogP contribution in [0.5, 0.6) is 0 Å². The monoisotopic (exact) mass is 301 g/mol. The lowest BCUT2D eigenvalue weighted by molar-refractivity contribution is -0.117. The van der Waals surface area contributed by atoms with E-state index in [2.05, 4.69) is 17.6 Å². The van der Waals surface area contributed by atoms with Gasteiger partial charge in [0.2, 0.25) is 0 Å². The van der Waals surface area contributed by atoms with E-state index in [4.69, 9.17) is 10.00 Å². The Bertz CT molecular complexity index is 506. The molecule has 0 bridgehead atoms. The van der Waals surface area contributed by atoms with Crippen molar-refractivity contribution in [3.8, 4) is 6.07 Å². The molecule has 0 atom stereocenters. The Morgan fingerprint density at radius 2 is 2.00 bits per heavy atom. The third-order valence-corrected chi connectivity index (χ3v) is 2.92. The number of para-hydroxylation sites is 1. The van der Waals surface area contributed by atoms with Gasteiger partial charge >= 0.3 is 0 Å². The first kappa shape index (κ1) is 17.7. The van der Waals surface area contributed by atoms with Gasteiger partial charge in [-0.3, -0.25) is 4.79 Å². The predicted molar refractivity (Wildman–Crippen MR) is 87.1 cm³/mol. The number of hydrogen-bond acceptors (Lipinski definition) is 4. The van der Waals surface area contributed by atoms with Gasteiger partial charge in [0, 0.05) is 31.6 Å². The summed E-state index contributed by atoms with van der Waals surface area (Å²) >= 11 is 0. The quantitative estimate of drug-likeness (QED) is 0.396. The summed E-state index contributed by atoms with van der Waals surface area (Å²) in [6.45, 7) is 3.99. The van der Waals surface area contributed by atoms with E-state index >= 15 is 0 Å². The van der Waals surface area contributed by atoms with Crippen molar-refractivity contribution >= 4 is 11.6 Å². The van der Waals surface area contributed by atoms with Gasteiger partial charge in [-0.15, -0.1) is 0 Å². The van der Waals surface area contributed by atoms with Crippen LogP contribution in [0.25, 0.3) is 0 Å².